The van der Waals surface area contributed by atoms with Crippen molar-refractivity contribution >= 4 is 17.6 Å². The fourth-order valence-electron chi connectivity index (χ4n) is 1.86. The van der Waals surface area contributed by atoms with Crippen molar-refractivity contribution in [3.63, 3.8) is 0 Å². The Morgan fingerprint density at radius 2 is 1.53 bits per heavy atom. The molecule has 0 saturated carbocycles. The molecular formula is C14H11NO4. The number of carbonyl (C=O) groups is 2. The largest absolute Gasteiger partial charge is 0.478 e. The van der Waals surface area contributed by atoms with Crippen molar-refractivity contribution in [3.05, 3.63) is 53.6 Å². The predicted molar refractivity (Wildman–Crippen MR) is 70.2 cm³/mol. The minimum absolute atomic E-state index is 0.222. The monoisotopic (exact) mass is 257 g/mol. The summed E-state index contributed by atoms with van der Waals surface area (Å²) in [4.78, 5) is 22.4. The highest BCUT2D eigenvalue weighted by molar-refractivity contribution is 6.06. The maximum Gasteiger partial charge on any atom is 0.337 e. The van der Waals surface area contributed by atoms with Gasteiger partial charge in [-0.1, -0.05) is 24.3 Å². The first-order chi connectivity index (χ1) is 9.00. The highest BCUT2D eigenvalue weighted by atomic mass is 16.4. The quantitative estimate of drug-likeness (QED) is 0.732. The van der Waals surface area contributed by atoms with Crippen LogP contribution in [0.1, 0.15) is 20.7 Å². The van der Waals surface area contributed by atoms with Crippen LogP contribution in [0, 0.1) is 0 Å². The molecule has 0 unspecified atom stereocenters. The number of anilines is 1. The minimum atomic E-state index is -1.27. The third kappa shape index (κ3) is 2.40. The average Bonchev–Trinajstić information content (AvgIpc) is 2.38. The molecule has 0 saturated heterocycles. The lowest BCUT2D eigenvalue weighted by Crippen LogP contribution is -2.09. The third-order valence-corrected chi connectivity index (χ3v) is 2.73. The lowest BCUT2D eigenvalue weighted by Gasteiger charge is -2.09. The number of aromatic carboxylic acids is 2. The number of rotatable bonds is 3. The van der Waals surface area contributed by atoms with Crippen LogP contribution in [-0.4, -0.2) is 22.2 Å². The Balaban J connectivity index is 2.69. The van der Waals surface area contributed by atoms with Gasteiger partial charge in [0.1, 0.15) is 0 Å². The molecule has 0 aliphatic heterocycles. The molecule has 0 heterocycles. The third-order valence-electron chi connectivity index (χ3n) is 2.73. The van der Waals surface area contributed by atoms with Gasteiger partial charge in [-0.05, 0) is 29.3 Å². The number of hydrogen-bond donors (Lipinski definition) is 3. The van der Waals surface area contributed by atoms with Gasteiger partial charge in [-0.15, -0.1) is 0 Å². The van der Waals surface area contributed by atoms with Crippen molar-refractivity contribution in [1.82, 2.24) is 0 Å². The van der Waals surface area contributed by atoms with Crippen molar-refractivity contribution in [2.45, 2.75) is 0 Å². The van der Waals surface area contributed by atoms with Gasteiger partial charge >= 0.3 is 11.9 Å². The second-order valence-electron chi connectivity index (χ2n) is 3.96. The fourth-order valence-corrected chi connectivity index (χ4v) is 1.86. The van der Waals surface area contributed by atoms with Crippen LogP contribution in [0.3, 0.4) is 0 Å². The summed E-state index contributed by atoms with van der Waals surface area (Å²) in [6.07, 6.45) is 0. The van der Waals surface area contributed by atoms with E-state index in [0.29, 0.717) is 16.8 Å². The highest BCUT2D eigenvalue weighted by Crippen LogP contribution is 2.27. The standard InChI is InChI=1S/C14H11NO4/c15-9-6-4-8(5-7-9)10-2-1-3-11(13(16)17)12(10)14(18)19/h1-7H,15H2,(H,16,17)(H,18,19). The lowest BCUT2D eigenvalue weighted by molar-refractivity contribution is 0.0652. The molecule has 5 nitrogen and oxygen atoms in total. The summed E-state index contributed by atoms with van der Waals surface area (Å²) < 4.78 is 0. The summed E-state index contributed by atoms with van der Waals surface area (Å²) in [5.74, 6) is -2.54. The van der Waals surface area contributed by atoms with Crippen molar-refractivity contribution < 1.29 is 19.8 Å². The Labute approximate surface area is 108 Å². The maximum absolute atomic E-state index is 11.3. The van der Waals surface area contributed by atoms with Gasteiger partial charge in [0.15, 0.2) is 0 Å². The predicted octanol–water partition coefficient (Wildman–Crippen LogP) is 2.33. The average molecular weight is 257 g/mol. The Kier molecular flexibility index (Phi) is 3.20. The topological polar surface area (TPSA) is 101 Å². The number of carboxylic acids is 2. The first kappa shape index (κ1) is 12.6. The van der Waals surface area contributed by atoms with E-state index in [9.17, 15) is 14.7 Å². The lowest BCUT2D eigenvalue weighted by atomic mass is 9.95. The van der Waals surface area contributed by atoms with Gasteiger partial charge in [0.25, 0.3) is 0 Å². The first-order valence-electron chi connectivity index (χ1n) is 5.46. The molecule has 19 heavy (non-hydrogen) atoms. The van der Waals surface area contributed by atoms with Crippen LogP contribution in [-0.2, 0) is 0 Å². The zero-order chi connectivity index (χ0) is 14.0. The van der Waals surface area contributed by atoms with Gasteiger partial charge in [0.2, 0.25) is 0 Å². The SMILES string of the molecule is Nc1ccc(-c2cccc(C(=O)O)c2C(=O)O)cc1. The van der Waals surface area contributed by atoms with E-state index < -0.39 is 11.9 Å². The van der Waals surface area contributed by atoms with Crippen molar-refractivity contribution in [1.29, 1.82) is 0 Å². The van der Waals surface area contributed by atoms with E-state index in [1.807, 2.05) is 0 Å². The Bertz CT molecular complexity index is 647. The molecule has 96 valence electrons. The molecule has 0 atom stereocenters. The number of carboxylic acid groups (broad SMARTS) is 2. The van der Waals surface area contributed by atoms with E-state index in [-0.39, 0.29) is 11.1 Å². The van der Waals surface area contributed by atoms with Crippen LogP contribution in [0.5, 0.6) is 0 Å². The Hall–Kier alpha value is -2.82. The van der Waals surface area contributed by atoms with E-state index in [1.54, 1.807) is 30.3 Å². The van der Waals surface area contributed by atoms with Crippen molar-refractivity contribution in [2.24, 2.45) is 0 Å². The second kappa shape index (κ2) is 4.81. The van der Waals surface area contributed by atoms with Crippen LogP contribution in [0.25, 0.3) is 11.1 Å². The van der Waals surface area contributed by atoms with E-state index in [4.69, 9.17) is 10.8 Å². The smallest absolute Gasteiger partial charge is 0.337 e. The molecule has 0 aromatic heterocycles. The molecule has 0 bridgehead atoms. The fraction of sp³-hybridized carbons (Fsp3) is 0. The molecular weight excluding hydrogens is 246 g/mol. The number of nitrogens with two attached hydrogens (primary N) is 1. The summed E-state index contributed by atoms with van der Waals surface area (Å²) in [6, 6.07) is 10.9. The molecule has 2 rings (SSSR count). The molecule has 2 aromatic carbocycles. The zero-order valence-electron chi connectivity index (χ0n) is 9.83. The van der Waals surface area contributed by atoms with Crippen LogP contribution in [0.4, 0.5) is 5.69 Å². The molecule has 0 spiro atoms. The molecule has 5 heteroatoms. The minimum Gasteiger partial charge on any atom is -0.478 e. The summed E-state index contributed by atoms with van der Waals surface area (Å²) in [7, 11) is 0. The van der Waals surface area contributed by atoms with Crippen LogP contribution < -0.4 is 5.73 Å². The van der Waals surface area contributed by atoms with Gasteiger partial charge in [0.05, 0.1) is 11.1 Å². The summed E-state index contributed by atoms with van der Waals surface area (Å²) in [6.45, 7) is 0. The number of benzene rings is 2. The first-order valence-corrected chi connectivity index (χ1v) is 5.46. The molecule has 0 radical (unpaired) electrons. The van der Waals surface area contributed by atoms with Crippen molar-refractivity contribution in [2.75, 3.05) is 5.73 Å². The maximum atomic E-state index is 11.3. The summed E-state index contributed by atoms with van der Waals surface area (Å²) >= 11 is 0. The Morgan fingerprint density at radius 3 is 2.05 bits per heavy atom. The second-order valence-corrected chi connectivity index (χ2v) is 3.96. The molecule has 0 amide bonds. The normalized spacial score (nSPS) is 10.1. The van der Waals surface area contributed by atoms with Gasteiger partial charge < -0.3 is 15.9 Å². The van der Waals surface area contributed by atoms with E-state index in [0.717, 1.165) is 0 Å². The molecule has 4 N–H and O–H groups in total. The molecule has 0 fully saturated rings. The zero-order valence-corrected chi connectivity index (χ0v) is 9.83. The summed E-state index contributed by atoms with van der Waals surface area (Å²) in [5, 5.41) is 18.3. The molecule has 2 aromatic rings. The van der Waals surface area contributed by atoms with Gasteiger partial charge in [-0.3, -0.25) is 0 Å². The van der Waals surface area contributed by atoms with Gasteiger partial charge in [0, 0.05) is 5.69 Å². The van der Waals surface area contributed by atoms with E-state index >= 15 is 0 Å². The molecule has 0 aliphatic carbocycles. The van der Waals surface area contributed by atoms with Crippen LogP contribution in [0.15, 0.2) is 42.5 Å². The highest BCUT2D eigenvalue weighted by Gasteiger charge is 2.20. The molecule has 0 aliphatic rings. The van der Waals surface area contributed by atoms with Gasteiger partial charge in [-0.2, -0.15) is 0 Å². The number of nitrogen functional groups attached to an aromatic ring is 1. The van der Waals surface area contributed by atoms with E-state index in [2.05, 4.69) is 0 Å². The van der Waals surface area contributed by atoms with E-state index in [1.165, 1.54) is 12.1 Å². The number of hydrogen-bond acceptors (Lipinski definition) is 3. The Morgan fingerprint density at radius 1 is 0.895 bits per heavy atom. The summed E-state index contributed by atoms with van der Waals surface area (Å²) in [5.41, 5.74) is 6.62. The van der Waals surface area contributed by atoms with Crippen molar-refractivity contribution in [3.8, 4) is 11.1 Å². The van der Waals surface area contributed by atoms with Gasteiger partial charge in [-0.25, -0.2) is 9.59 Å². The van der Waals surface area contributed by atoms with Crippen LogP contribution in [0.2, 0.25) is 0 Å². The van der Waals surface area contributed by atoms with Crippen LogP contribution >= 0.6 is 0 Å².